The van der Waals surface area contributed by atoms with Crippen LogP contribution in [0.25, 0.3) is 11.3 Å². The van der Waals surface area contributed by atoms with Crippen LogP contribution in [0, 0.1) is 5.82 Å². The number of rotatable bonds is 4. The first-order valence-corrected chi connectivity index (χ1v) is 8.99. The highest BCUT2D eigenvalue weighted by atomic mass is 32.2. The van der Waals surface area contributed by atoms with Crippen LogP contribution in [0.4, 0.5) is 10.1 Å². The minimum Gasteiger partial charge on any atom is -0.448 e. The SMILES string of the molecule is C=CCSc1nnc2c(n1)OC(c1ccc(F)cc1)Nc1ccccc1-2. The number of para-hydroxylation sites is 1. The lowest BCUT2D eigenvalue weighted by Crippen LogP contribution is -2.17. The molecule has 26 heavy (non-hydrogen) atoms. The van der Waals surface area contributed by atoms with Crippen LogP contribution in [-0.2, 0) is 0 Å². The molecule has 130 valence electrons. The van der Waals surface area contributed by atoms with E-state index in [1.165, 1.54) is 23.9 Å². The maximum Gasteiger partial charge on any atom is 0.247 e. The summed E-state index contributed by atoms with van der Waals surface area (Å²) >= 11 is 1.43. The second-order valence-electron chi connectivity index (χ2n) is 5.59. The normalized spacial score (nSPS) is 15.0. The molecule has 1 aliphatic heterocycles. The molecule has 2 aromatic carbocycles. The Morgan fingerprint density at radius 1 is 1.15 bits per heavy atom. The van der Waals surface area contributed by atoms with Crippen molar-refractivity contribution in [3.05, 3.63) is 72.6 Å². The Bertz CT molecular complexity index is 949. The maximum absolute atomic E-state index is 13.3. The first kappa shape index (κ1) is 16.5. The molecule has 1 unspecified atom stereocenters. The molecule has 0 fully saturated rings. The van der Waals surface area contributed by atoms with Crippen molar-refractivity contribution in [3.63, 3.8) is 0 Å². The first-order chi connectivity index (χ1) is 12.7. The summed E-state index contributed by atoms with van der Waals surface area (Å²) in [6.07, 6.45) is 1.26. The number of thioether (sulfide) groups is 1. The number of halogens is 1. The molecule has 0 aliphatic carbocycles. The van der Waals surface area contributed by atoms with Crippen molar-refractivity contribution in [1.29, 1.82) is 0 Å². The van der Waals surface area contributed by atoms with E-state index in [2.05, 4.69) is 27.1 Å². The zero-order valence-electron chi connectivity index (χ0n) is 13.7. The summed E-state index contributed by atoms with van der Waals surface area (Å²) in [7, 11) is 0. The number of nitrogens with zero attached hydrogens (tertiary/aromatic N) is 3. The van der Waals surface area contributed by atoms with Crippen LogP contribution in [0.1, 0.15) is 11.8 Å². The minimum atomic E-state index is -0.521. The fourth-order valence-electron chi connectivity index (χ4n) is 2.63. The van der Waals surface area contributed by atoms with Gasteiger partial charge >= 0.3 is 0 Å². The monoisotopic (exact) mass is 366 g/mol. The average Bonchev–Trinajstić information content (AvgIpc) is 2.83. The van der Waals surface area contributed by atoms with Crippen molar-refractivity contribution < 1.29 is 9.13 Å². The van der Waals surface area contributed by atoms with E-state index in [-0.39, 0.29) is 5.82 Å². The molecule has 7 heteroatoms. The number of aromatic nitrogens is 3. The molecule has 1 aliphatic rings. The van der Waals surface area contributed by atoms with Crippen molar-refractivity contribution in [2.75, 3.05) is 11.1 Å². The summed E-state index contributed by atoms with van der Waals surface area (Å²) in [6.45, 7) is 3.70. The molecular weight excluding hydrogens is 351 g/mol. The van der Waals surface area contributed by atoms with E-state index < -0.39 is 6.23 Å². The Morgan fingerprint density at radius 2 is 1.96 bits per heavy atom. The lowest BCUT2D eigenvalue weighted by atomic mass is 10.1. The van der Waals surface area contributed by atoms with Crippen LogP contribution in [0.2, 0.25) is 0 Å². The van der Waals surface area contributed by atoms with E-state index in [0.717, 1.165) is 16.8 Å². The first-order valence-electron chi connectivity index (χ1n) is 8.01. The number of benzene rings is 2. The Hall–Kier alpha value is -2.93. The minimum absolute atomic E-state index is 0.296. The Morgan fingerprint density at radius 3 is 2.77 bits per heavy atom. The van der Waals surface area contributed by atoms with Gasteiger partial charge in [0.15, 0.2) is 11.9 Å². The Labute approximate surface area is 154 Å². The third kappa shape index (κ3) is 3.25. The molecular formula is C19H15FN4OS. The fraction of sp³-hybridized carbons (Fsp3) is 0.105. The second-order valence-corrected chi connectivity index (χ2v) is 6.57. The van der Waals surface area contributed by atoms with Gasteiger partial charge in [-0.3, -0.25) is 0 Å². The molecule has 4 rings (SSSR count). The molecule has 0 saturated carbocycles. The van der Waals surface area contributed by atoms with Crippen LogP contribution in [0.5, 0.6) is 5.88 Å². The summed E-state index contributed by atoms with van der Waals surface area (Å²) in [6, 6.07) is 13.9. The van der Waals surface area contributed by atoms with Crippen LogP contribution >= 0.6 is 11.8 Å². The zero-order chi connectivity index (χ0) is 17.9. The van der Waals surface area contributed by atoms with Crippen molar-refractivity contribution in [2.24, 2.45) is 0 Å². The molecule has 0 saturated heterocycles. The van der Waals surface area contributed by atoms with Gasteiger partial charge in [0.1, 0.15) is 5.82 Å². The van der Waals surface area contributed by atoms with Crippen molar-refractivity contribution in [1.82, 2.24) is 15.2 Å². The molecule has 1 aromatic heterocycles. The van der Waals surface area contributed by atoms with Gasteiger partial charge in [-0.2, -0.15) is 4.98 Å². The number of hydrogen-bond acceptors (Lipinski definition) is 6. The lowest BCUT2D eigenvalue weighted by molar-refractivity contribution is 0.225. The lowest BCUT2D eigenvalue weighted by Gasteiger charge is -2.19. The average molecular weight is 366 g/mol. The summed E-state index contributed by atoms with van der Waals surface area (Å²) in [5.41, 5.74) is 3.06. The van der Waals surface area contributed by atoms with Gasteiger partial charge < -0.3 is 10.1 Å². The predicted molar refractivity (Wildman–Crippen MR) is 99.6 cm³/mol. The molecule has 5 nitrogen and oxygen atoms in total. The highest BCUT2D eigenvalue weighted by molar-refractivity contribution is 7.99. The fourth-order valence-corrected chi connectivity index (χ4v) is 3.14. The molecule has 0 spiro atoms. The summed E-state index contributed by atoms with van der Waals surface area (Å²) in [5.74, 6) is 0.769. The van der Waals surface area contributed by atoms with Crippen LogP contribution in [0.3, 0.4) is 0 Å². The van der Waals surface area contributed by atoms with Gasteiger partial charge in [-0.05, 0) is 18.2 Å². The Balaban J connectivity index is 1.79. The molecule has 0 amide bonds. The van der Waals surface area contributed by atoms with Crippen molar-refractivity contribution in [2.45, 2.75) is 11.4 Å². The van der Waals surface area contributed by atoms with E-state index in [1.807, 2.05) is 24.3 Å². The van der Waals surface area contributed by atoms with Crippen LogP contribution in [0.15, 0.2) is 66.3 Å². The highest BCUT2D eigenvalue weighted by Gasteiger charge is 2.25. The number of fused-ring (bicyclic) bond motifs is 3. The second kappa shape index (κ2) is 7.13. The molecule has 3 aromatic rings. The Kier molecular flexibility index (Phi) is 4.53. The predicted octanol–water partition coefficient (Wildman–Crippen LogP) is 4.46. The van der Waals surface area contributed by atoms with E-state index in [4.69, 9.17) is 4.74 Å². The zero-order valence-corrected chi connectivity index (χ0v) is 14.5. The summed E-state index contributed by atoms with van der Waals surface area (Å²) in [5, 5.41) is 12.3. The number of nitrogens with one attached hydrogen (secondary N) is 1. The van der Waals surface area contributed by atoms with Crippen LogP contribution in [-0.4, -0.2) is 20.9 Å². The number of ether oxygens (including phenoxy) is 1. The van der Waals surface area contributed by atoms with E-state index in [0.29, 0.717) is 22.5 Å². The third-order valence-corrected chi connectivity index (χ3v) is 4.67. The van der Waals surface area contributed by atoms with E-state index in [9.17, 15) is 4.39 Å². The van der Waals surface area contributed by atoms with E-state index >= 15 is 0 Å². The highest BCUT2D eigenvalue weighted by Crippen LogP contribution is 2.39. The van der Waals surface area contributed by atoms with Crippen molar-refractivity contribution in [3.8, 4) is 17.1 Å². The van der Waals surface area contributed by atoms with Gasteiger partial charge in [0.05, 0.1) is 0 Å². The van der Waals surface area contributed by atoms with Gasteiger partial charge in [-0.15, -0.1) is 16.8 Å². The van der Waals surface area contributed by atoms with Crippen molar-refractivity contribution >= 4 is 17.4 Å². The topological polar surface area (TPSA) is 59.9 Å². The summed E-state index contributed by atoms with van der Waals surface area (Å²) in [4.78, 5) is 4.51. The number of hydrogen-bond donors (Lipinski definition) is 1. The molecule has 1 N–H and O–H groups in total. The molecule has 1 atom stereocenters. The third-order valence-electron chi connectivity index (χ3n) is 3.84. The quantitative estimate of drug-likeness (QED) is 0.543. The smallest absolute Gasteiger partial charge is 0.247 e. The molecule has 2 heterocycles. The van der Waals surface area contributed by atoms with Gasteiger partial charge in [0.2, 0.25) is 11.0 Å². The number of anilines is 1. The molecule has 0 bridgehead atoms. The van der Waals surface area contributed by atoms with Crippen LogP contribution < -0.4 is 10.1 Å². The largest absolute Gasteiger partial charge is 0.448 e. The van der Waals surface area contributed by atoms with Gasteiger partial charge in [-0.25, -0.2) is 4.39 Å². The maximum atomic E-state index is 13.3. The van der Waals surface area contributed by atoms with Gasteiger partial charge in [0.25, 0.3) is 0 Å². The van der Waals surface area contributed by atoms with E-state index in [1.54, 1.807) is 18.2 Å². The summed E-state index contributed by atoms with van der Waals surface area (Å²) < 4.78 is 19.4. The molecule has 0 radical (unpaired) electrons. The van der Waals surface area contributed by atoms with Gasteiger partial charge in [-0.1, -0.05) is 48.2 Å². The van der Waals surface area contributed by atoms with Gasteiger partial charge in [0, 0.05) is 22.6 Å². The standard InChI is InChI=1S/C19H15FN4OS/c1-2-11-26-19-22-18-16(23-24-19)14-5-3-4-6-15(14)21-17(25-18)12-7-9-13(20)10-8-12/h2-10,17,21H,1,11H2.